The maximum absolute atomic E-state index is 14.5. The van der Waals surface area contributed by atoms with Crippen LogP contribution in [0.5, 0.6) is 5.75 Å². The van der Waals surface area contributed by atoms with E-state index in [2.05, 4.69) is 10.1 Å². The minimum Gasteiger partial charge on any atom is -0.482 e. The number of ether oxygens (including phenoxy) is 1. The number of hydrogen-bond donors (Lipinski definition) is 0. The Balaban J connectivity index is 2.03. The molecule has 0 aliphatic carbocycles. The van der Waals surface area contributed by atoms with Gasteiger partial charge in [0, 0.05) is 19.7 Å². The molecule has 3 aromatic rings. The maximum atomic E-state index is 14.5. The number of halogens is 5. The van der Waals surface area contributed by atoms with E-state index in [1.165, 1.54) is 19.0 Å². The second-order valence-electron chi connectivity index (χ2n) is 7.90. The molecule has 5 nitrogen and oxygen atoms in total. The van der Waals surface area contributed by atoms with Gasteiger partial charge in [0.25, 0.3) is 0 Å². The molecular weight excluding hydrogens is 443 g/mol. The first-order chi connectivity index (χ1) is 15.5. The normalized spacial score (nSPS) is 12.6. The van der Waals surface area contributed by atoms with Crippen molar-refractivity contribution >= 4 is 5.69 Å². The average molecular weight is 468 g/mol. The van der Waals surface area contributed by atoms with Gasteiger partial charge >= 0.3 is 6.18 Å². The van der Waals surface area contributed by atoms with E-state index in [1.807, 2.05) is 13.0 Å². The van der Waals surface area contributed by atoms with Crippen LogP contribution >= 0.6 is 0 Å². The summed E-state index contributed by atoms with van der Waals surface area (Å²) in [5, 5.41) is 4.15. The summed E-state index contributed by atoms with van der Waals surface area (Å²) in [5.41, 5.74) is 0.742. The highest BCUT2D eigenvalue weighted by Crippen LogP contribution is 2.31. The molecule has 0 spiro atoms. The molecule has 2 aromatic carbocycles. The van der Waals surface area contributed by atoms with Crippen molar-refractivity contribution in [2.24, 2.45) is 0 Å². The van der Waals surface area contributed by atoms with Gasteiger partial charge in [-0.3, -0.25) is 0 Å². The smallest absolute Gasteiger partial charge is 0.390 e. The van der Waals surface area contributed by atoms with Gasteiger partial charge in [-0.25, -0.2) is 18.4 Å². The molecule has 33 heavy (non-hydrogen) atoms. The minimum absolute atomic E-state index is 0.0213. The summed E-state index contributed by atoms with van der Waals surface area (Å²) in [5.74, 6) is -1.06. The molecule has 0 aliphatic rings. The standard InChI is InChI=1S/C23H25F5N4O/c1-5-19(33-16-8-6-7-14(2)11-16)22-29-21(30-32(22)10-9-23(26,27)28)15-12-17(24)20(31(3)4)18(25)13-15/h6-8,11-13,19H,5,9-10H2,1-4H3. The number of rotatable bonds is 8. The minimum atomic E-state index is -4.41. The summed E-state index contributed by atoms with van der Waals surface area (Å²) in [7, 11) is 3.00. The first kappa shape index (κ1) is 24.5. The molecule has 1 atom stereocenters. The van der Waals surface area contributed by atoms with Crippen molar-refractivity contribution in [3.8, 4) is 17.1 Å². The van der Waals surface area contributed by atoms with Crippen molar-refractivity contribution in [2.75, 3.05) is 19.0 Å². The molecule has 0 amide bonds. The van der Waals surface area contributed by atoms with E-state index in [-0.39, 0.29) is 22.9 Å². The zero-order valence-electron chi connectivity index (χ0n) is 18.7. The zero-order chi connectivity index (χ0) is 24.3. The van der Waals surface area contributed by atoms with Crippen LogP contribution in [0.1, 0.15) is 37.3 Å². The zero-order valence-corrected chi connectivity index (χ0v) is 18.7. The van der Waals surface area contributed by atoms with Gasteiger partial charge in [-0.05, 0) is 43.2 Å². The fourth-order valence-electron chi connectivity index (χ4n) is 3.41. The van der Waals surface area contributed by atoms with E-state index >= 15 is 0 Å². The van der Waals surface area contributed by atoms with Gasteiger partial charge in [0.2, 0.25) is 0 Å². The number of anilines is 1. The summed E-state index contributed by atoms with van der Waals surface area (Å²) >= 11 is 0. The topological polar surface area (TPSA) is 43.2 Å². The molecular formula is C23H25F5N4O. The van der Waals surface area contributed by atoms with Gasteiger partial charge in [-0.15, -0.1) is 0 Å². The predicted molar refractivity (Wildman–Crippen MR) is 115 cm³/mol. The number of nitrogens with zero attached hydrogens (tertiary/aromatic N) is 4. The molecule has 0 saturated carbocycles. The molecule has 1 heterocycles. The van der Waals surface area contributed by atoms with E-state index in [0.29, 0.717) is 12.2 Å². The monoisotopic (exact) mass is 468 g/mol. The number of benzene rings is 2. The fourth-order valence-corrected chi connectivity index (χ4v) is 3.41. The quantitative estimate of drug-likeness (QED) is 0.376. The molecule has 0 saturated heterocycles. The Morgan fingerprint density at radius 2 is 1.76 bits per heavy atom. The molecule has 178 valence electrons. The van der Waals surface area contributed by atoms with E-state index < -0.39 is 36.9 Å². The van der Waals surface area contributed by atoms with E-state index in [1.54, 1.807) is 25.1 Å². The van der Waals surface area contributed by atoms with Crippen molar-refractivity contribution < 1.29 is 26.7 Å². The van der Waals surface area contributed by atoms with E-state index in [4.69, 9.17) is 4.74 Å². The highest BCUT2D eigenvalue weighted by molar-refractivity contribution is 5.61. The van der Waals surface area contributed by atoms with Crippen LogP contribution in [0.4, 0.5) is 27.6 Å². The van der Waals surface area contributed by atoms with Gasteiger partial charge in [-0.2, -0.15) is 18.3 Å². The van der Waals surface area contributed by atoms with Crippen LogP contribution in [0.3, 0.4) is 0 Å². The average Bonchev–Trinajstić information content (AvgIpc) is 3.13. The second-order valence-corrected chi connectivity index (χ2v) is 7.90. The molecule has 3 rings (SSSR count). The molecule has 0 radical (unpaired) electrons. The molecule has 1 aromatic heterocycles. The summed E-state index contributed by atoms with van der Waals surface area (Å²) in [6.07, 6.45) is -5.86. The summed E-state index contributed by atoms with van der Waals surface area (Å²) in [6.45, 7) is 3.19. The highest BCUT2D eigenvalue weighted by Gasteiger charge is 2.29. The van der Waals surface area contributed by atoms with Crippen LogP contribution in [-0.2, 0) is 6.54 Å². The van der Waals surface area contributed by atoms with Gasteiger partial charge in [0.05, 0.1) is 13.0 Å². The first-order valence-corrected chi connectivity index (χ1v) is 10.4. The van der Waals surface area contributed by atoms with Crippen LogP contribution < -0.4 is 9.64 Å². The molecule has 0 aliphatic heterocycles. The van der Waals surface area contributed by atoms with Crippen LogP contribution in [0.15, 0.2) is 36.4 Å². The number of aryl methyl sites for hydroxylation is 2. The largest absolute Gasteiger partial charge is 0.482 e. The van der Waals surface area contributed by atoms with Crippen LogP contribution in [0.2, 0.25) is 0 Å². The van der Waals surface area contributed by atoms with Crippen LogP contribution in [0, 0.1) is 18.6 Å². The Bertz CT molecular complexity index is 1090. The Hall–Kier alpha value is -3.17. The van der Waals surface area contributed by atoms with E-state index in [9.17, 15) is 22.0 Å². The maximum Gasteiger partial charge on any atom is 0.390 e. The molecule has 1 unspecified atom stereocenters. The lowest BCUT2D eigenvalue weighted by Gasteiger charge is -2.18. The summed E-state index contributed by atoms with van der Waals surface area (Å²) in [4.78, 5) is 5.63. The van der Waals surface area contributed by atoms with Crippen molar-refractivity contribution in [3.63, 3.8) is 0 Å². The lowest BCUT2D eigenvalue weighted by Crippen LogP contribution is -2.18. The van der Waals surface area contributed by atoms with E-state index in [0.717, 1.165) is 22.4 Å². The third-order valence-electron chi connectivity index (χ3n) is 4.96. The van der Waals surface area contributed by atoms with Crippen molar-refractivity contribution in [2.45, 2.75) is 45.5 Å². The van der Waals surface area contributed by atoms with Crippen molar-refractivity contribution in [1.82, 2.24) is 14.8 Å². The lowest BCUT2D eigenvalue weighted by molar-refractivity contribution is -0.137. The Morgan fingerprint density at radius 1 is 1.09 bits per heavy atom. The lowest BCUT2D eigenvalue weighted by atomic mass is 10.1. The third kappa shape index (κ3) is 6.00. The Labute approximate surface area is 188 Å². The van der Waals surface area contributed by atoms with Gasteiger partial charge in [0.1, 0.15) is 23.1 Å². The van der Waals surface area contributed by atoms with Gasteiger partial charge < -0.3 is 9.64 Å². The van der Waals surface area contributed by atoms with Crippen LogP contribution in [-0.4, -0.2) is 35.0 Å². The van der Waals surface area contributed by atoms with Crippen LogP contribution in [0.25, 0.3) is 11.4 Å². The number of alkyl halides is 3. The second kappa shape index (κ2) is 9.76. The Kier molecular flexibility index (Phi) is 7.24. The molecule has 0 fully saturated rings. The van der Waals surface area contributed by atoms with Crippen molar-refractivity contribution in [1.29, 1.82) is 0 Å². The van der Waals surface area contributed by atoms with Crippen molar-refractivity contribution in [3.05, 3.63) is 59.4 Å². The predicted octanol–water partition coefficient (Wildman–Crippen LogP) is 6.08. The number of aromatic nitrogens is 3. The molecule has 10 heteroatoms. The third-order valence-corrected chi connectivity index (χ3v) is 4.96. The van der Waals surface area contributed by atoms with Gasteiger partial charge in [0.15, 0.2) is 17.8 Å². The fraction of sp³-hybridized carbons (Fsp3) is 0.391. The molecule has 0 bridgehead atoms. The summed E-state index contributed by atoms with van der Waals surface area (Å²) < 4.78 is 74.8. The summed E-state index contributed by atoms with van der Waals surface area (Å²) in [6, 6.07) is 9.34. The first-order valence-electron chi connectivity index (χ1n) is 10.4. The SMILES string of the molecule is CCC(Oc1cccc(C)c1)c1nc(-c2cc(F)c(N(C)C)c(F)c2)nn1CCC(F)(F)F. The number of hydrogen-bond acceptors (Lipinski definition) is 4. The molecule has 0 N–H and O–H groups in total. The van der Waals surface area contributed by atoms with Gasteiger partial charge in [-0.1, -0.05) is 19.1 Å². The Morgan fingerprint density at radius 3 is 2.30 bits per heavy atom. The highest BCUT2D eigenvalue weighted by atomic mass is 19.4.